The number of nitrogens with zero attached hydrogens (tertiary/aromatic N) is 1. The zero-order valence-electron chi connectivity index (χ0n) is 9.23. The van der Waals surface area contributed by atoms with Gasteiger partial charge in [-0.2, -0.15) is 8.78 Å². The van der Waals surface area contributed by atoms with Gasteiger partial charge in [-0.15, -0.1) is 0 Å². The third-order valence-corrected chi connectivity index (χ3v) is 3.20. The van der Waals surface area contributed by atoms with Crippen LogP contribution in [0.2, 0.25) is 0 Å². The number of amides is 3. The van der Waals surface area contributed by atoms with Crippen LogP contribution in [-0.4, -0.2) is 24.2 Å². The van der Waals surface area contributed by atoms with Gasteiger partial charge < -0.3 is 0 Å². The minimum absolute atomic E-state index is 0.166. The number of carbonyl (C=O) groups is 2. The Balaban J connectivity index is 2.27. The minimum Gasteiger partial charge on any atom is -0.292 e. The summed E-state index contributed by atoms with van der Waals surface area (Å²) in [6.07, 6.45) is 0.166. The Morgan fingerprint density at radius 3 is 2.67 bits per heavy atom. The summed E-state index contributed by atoms with van der Waals surface area (Å²) in [4.78, 5) is 24.3. The van der Waals surface area contributed by atoms with E-state index in [1.165, 1.54) is 11.0 Å². The normalized spacial score (nSPS) is 16.1. The number of alkyl halides is 2. The average molecular weight is 272 g/mol. The van der Waals surface area contributed by atoms with Crippen LogP contribution in [0.25, 0.3) is 0 Å². The molecule has 1 aliphatic heterocycles. The summed E-state index contributed by atoms with van der Waals surface area (Å²) in [6, 6.07) is 5.82. The van der Waals surface area contributed by atoms with Crippen molar-refractivity contribution in [1.82, 2.24) is 5.32 Å². The van der Waals surface area contributed by atoms with Crippen LogP contribution in [0.15, 0.2) is 29.2 Å². The SMILES string of the molecule is O=C1CCN(c2ccccc2SC(F)F)C(=O)N1. The Bertz CT molecular complexity index is 482. The molecule has 1 saturated heterocycles. The second-order valence-electron chi connectivity index (χ2n) is 3.60. The smallest absolute Gasteiger partial charge is 0.292 e. The first-order valence-electron chi connectivity index (χ1n) is 5.23. The zero-order valence-corrected chi connectivity index (χ0v) is 10.0. The molecule has 96 valence electrons. The second kappa shape index (κ2) is 5.34. The lowest BCUT2D eigenvalue weighted by molar-refractivity contribution is -0.120. The summed E-state index contributed by atoms with van der Waals surface area (Å²) >= 11 is 0.382. The highest BCUT2D eigenvalue weighted by atomic mass is 32.2. The Labute approximate surface area is 106 Å². The molecule has 0 atom stereocenters. The minimum atomic E-state index is -2.55. The van der Waals surface area contributed by atoms with E-state index in [2.05, 4.69) is 5.32 Å². The fourth-order valence-electron chi connectivity index (χ4n) is 1.67. The van der Waals surface area contributed by atoms with Crippen molar-refractivity contribution >= 4 is 29.4 Å². The van der Waals surface area contributed by atoms with Crippen molar-refractivity contribution < 1.29 is 18.4 Å². The molecule has 7 heteroatoms. The maximum absolute atomic E-state index is 12.4. The van der Waals surface area contributed by atoms with Gasteiger partial charge in [-0.05, 0) is 12.1 Å². The molecule has 18 heavy (non-hydrogen) atoms. The summed E-state index contributed by atoms with van der Waals surface area (Å²) in [5.41, 5.74) is 0.396. The highest BCUT2D eigenvalue weighted by Gasteiger charge is 2.26. The van der Waals surface area contributed by atoms with Gasteiger partial charge in [-0.3, -0.25) is 15.0 Å². The predicted octanol–water partition coefficient (Wildman–Crippen LogP) is 2.45. The van der Waals surface area contributed by atoms with E-state index in [1.54, 1.807) is 18.2 Å². The van der Waals surface area contributed by atoms with Gasteiger partial charge in [-0.25, -0.2) is 4.79 Å². The molecule has 1 fully saturated rings. The zero-order chi connectivity index (χ0) is 13.1. The van der Waals surface area contributed by atoms with Crippen molar-refractivity contribution in [2.45, 2.75) is 17.1 Å². The lowest BCUT2D eigenvalue weighted by Gasteiger charge is -2.28. The van der Waals surface area contributed by atoms with E-state index < -0.39 is 11.8 Å². The van der Waals surface area contributed by atoms with Crippen molar-refractivity contribution in [2.75, 3.05) is 11.4 Å². The van der Waals surface area contributed by atoms with Gasteiger partial charge in [0.05, 0.1) is 5.69 Å². The number of para-hydroxylation sites is 1. The summed E-state index contributed by atoms with van der Waals surface area (Å²) in [6.45, 7) is 0.200. The molecule has 4 nitrogen and oxygen atoms in total. The molecule has 3 amide bonds. The molecule has 0 saturated carbocycles. The summed E-state index contributed by atoms with van der Waals surface area (Å²) in [7, 11) is 0. The molecular weight excluding hydrogens is 262 g/mol. The number of thioether (sulfide) groups is 1. The van der Waals surface area contributed by atoms with E-state index in [4.69, 9.17) is 0 Å². The first-order valence-corrected chi connectivity index (χ1v) is 6.11. The monoisotopic (exact) mass is 272 g/mol. The van der Waals surface area contributed by atoms with Gasteiger partial charge in [0.1, 0.15) is 0 Å². The first kappa shape index (κ1) is 12.8. The molecule has 0 radical (unpaired) electrons. The van der Waals surface area contributed by atoms with Gasteiger partial charge >= 0.3 is 6.03 Å². The van der Waals surface area contributed by atoms with Crippen LogP contribution in [0.3, 0.4) is 0 Å². The molecule has 0 aliphatic carbocycles. The van der Waals surface area contributed by atoms with E-state index >= 15 is 0 Å². The molecule has 1 aromatic carbocycles. The van der Waals surface area contributed by atoms with Gasteiger partial charge in [0.25, 0.3) is 5.76 Å². The number of imide groups is 1. The van der Waals surface area contributed by atoms with Crippen molar-refractivity contribution in [3.63, 3.8) is 0 Å². The van der Waals surface area contributed by atoms with Crippen LogP contribution in [0.1, 0.15) is 6.42 Å². The molecule has 1 aromatic rings. The Hall–Kier alpha value is -1.63. The van der Waals surface area contributed by atoms with Gasteiger partial charge in [-0.1, -0.05) is 23.9 Å². The van der Waals surface area contributed by atoms with Gasteiger partial charge in [0.15, 0.2) is 0 Å². The van der Waals surface area contributed by atoms with Crippen LogP contribution in [0.5, 0.6) is 0 Å². The van der Waals surface area contributed by atoms with E-state index in [0.29, 0.717) is 22.3 Å². The Morgan fingerprint density at radius 2 is 2.00 bits per heavy atom. The molecule has 2 rings (SSSR count). The van der Waals surface area contributed by atoms with Crippen LogP contribution in [-0.2, 0) is 4.79 Å². The number of anilines is 1. The molecule has 0 bridgehead atoms. The fourth-order valence-corrected chi connectivity index (χ4v) is 2.32. The van der Waals surface area contributed by atoms with Crippen molar-refractivity contribution in [2.24, 2.45) is 0 Å². The highest BCUT2D eigenvalue weighted by Crippen LogP contribution is 2.34. The van der Waals surface area contributed by atoms with Crippen molar-refractivity contribution in [3.05, 3.63) is 24.3 Å². The number of halogens is 2. The van der Waals surface area contributed by atoms with Crippen LogP contribution < -0.4 is 10.2 Å². The second-order valence-corrected chi connectivity index (χ2v) is 4.63. The van der Waals surface area contributed by atoms with E-state index in [-0.39, 0.29) is 18.9 Å². The summed E-state index contributed by atoms with van der Waals surface area (Å²) in [5, 5.41) is 2.16. The number of hydrogen-bond donors (Lipinski definition) is 1. The molecule has 1 aliphatic rings. The van der Waals surface area contributed by atoms with Gasteiger partial charge in [0.2, 0.25) is 5.91 Å². The third-order valence-electron chi connectivity index (χ3n) is 2.43. The first-order chi connectivity index (χ1) is 8.58. The molecule has 0 unspecified atom stereocenters. The number of hydrogen-bond acceptors (Lipinski definition) is 3. The van der Waals surface area contributed by atoms with E-state index in [0.717, 1.165) is 0 Å². The lowest BCUT2D eigenvalue weighted by atomic mass is 10.2. The average Bonchev–Trinajstić information content (AvgIpc) is 2.30. The topological polar surface area (TPSA) is 49.4 Å². The number of benzene rings is 1. The van der Waals surface area contributed by atoms with Gasteiger partial charge in [0, 0.05) is 17.9 Å². The third kappa shape index (κ3) is 2.79. The lowest BCUT2D eigenvalue weighted by Crippen LogP contribution is -2.49. The predicted molar refractivity (Wildman–Crippen MR) is 63.8 cm³/mol. The van der Waals surface area contributed by atoms with Crippen molar-refractivity contribution in [1.29, 1.82) is 0 Å². The summed E-state index contributed by atoms with van der Waals surface area (Å²) < 4.78 is 24.8. The van der Waals surface area contributed by atoms with Crippen molar-refractivity contribution in [3.8, 4) is 0 Å². The standard InChI is InChI=1S/C11H10F2N2O2S/c12-10(13)18-8-4-2-1-3-7(8)15-6-5-9(16)14-11(15)17/h1-4,10H,5-6H2,(H,14,16,17). The Kier molecular flexibility index (Phi) is 3.81. The van der Waals surface area contributed by atoms with E-state index in [1.807, 2.05) is 0 Å². The maximum Gasteiger partial charge on any atom is 0.328 e. The molecular formula is C11H10F2N2O2S. The Morgan fingerprint density at radius 1 is 1.28 bits per heavy atom. The summed E-state index contributed by atoms with van der Waals surface area (Å²) in [5.74, 6) is -2.91. The van der Waals surface area contributed by atoms with Crippen LogP contribution in [0, 0.1) is 0 Å². The van der Waals surface area contributed by atoms with Crippen LogP contribution in [0.4, 0.5) is 19.3 Å². The molecule has 1 heterocycles. The molecule has 0 aromatic heterocycles. The molecule has 0 spiro atoms. The fraction of sp³-hybridized carbons (Fsp3) is 0.273. The molecule has 1 N–H and O–H groups in total. The number of nitrogens with one attached hydrogen (secondary N) is 1. The van der Waals surface area contributed by atoms with Crippen LogP contribution >= 0.6 is 11.8 Å². The number of rotatable bonds is 3. The van der Waals surface area contributed by atoms with E-state index in [9.17, 15) is 18.4 Å². The quantitative estimate of drug-likeness (QED) is 0.860. The maximum atomic E-state index is 12.4. The highest BCUT2D eigenvalue weighted by molar-refractivity contribution is 7.99. The number of urea groups is 1. The largest absolute Gasteiger partial charge is 0.328 e. The number of carbonyl (C=O) groups excluding carboxylic acids is 2.